The summed E-state index contributed by atoms with van der Waals surface area (Å²) in [6.45, 7) is 2.91. The van der Waals surface area contributed by atoms with Crippen LogP contribution in [0.4, 0.5) is 0 Å². The van der Waals surface area contributed by atoms with Crippen LogP contribution in [0.3, 0.4) is 0 Å². The molecule has 0 aromatic carbocycles. The van der Waals surface area contributed by atoms with E-state index in [0.717, 1.165) is 36.7 Å². The van der Waals surface area contributed by atoms with Gasteiger partial charge in [0.15, 0.2) is 0 Å². The Bertz CT molecular complexity index is 415. The molecule has 0 amide bonds. The number of methoxy groups -OCH3 is 1. The molecule has 1 heterocycles. The summed E-state index contributed by atoms with van der Waals surface area (Å²) in [5.41, 5.74) is 0.189. The first-order valence-corrected chi connectivity index (χ1v) is 7.36. The van der Waals surface area contributed by atoms with Crippen LogP contribution in [0.15, 0.2) is 6.33 Å². The van der Waals surface area contributed by atoms with Gasteiger partial charge in [-0.15, -0.1) is 0 Å². The molecule has 1 aliphatic carbocycles. The molecule has 18 heavy (non-hydrogen) atoms. The third-order valence-corrected chi connectivity index (χ3v) is 4.62. The number of hydrogen-bond donors (Lipinski definition) is 0. The summed E-state index contributed by atoms with van der Waals surface area (Å²) < 4.78 is 6.65. The van der Waals surface area contributed by atoms with E-state index in [1.165, 1.54) is 7.11 Å². The van der Waals surface area contributed by atoms with Crippen LogP contribution in [0.1, 0.15) is 32.0 Å². The first-order valence-electron chi connectivity index (χ1n) is 6.20. The van der Waals surface area contributed by atoms with E-state index >= 15 is 0 Å². The summed E-state index contributed by atoms with van der Waals surface area (Å²) in [6, 6.07) is 0. The number of carbonyl (C=O) groups is 1. The third-order valence-electron chi connectivity index (χ3n) is 3.34. The van der Waals surface area contributed by atoms with Gasteiger partial charge in [-0.3, -0.25) is 4.79 Å². The van der Waals surface area contributed by atoms with Crippen molar-refractivity contribution in [2.24, 2.45) is 5.41 Å². The van der Waals surface area contributed by atoms with Crippen LogP contribution < -0.4 is 0 Å². The lowest BCUT2D eigenvalue weighted by molar-refractivity contribution is -0.141. The van der Waals surface area contributed by atoms with Crippen molar-refractivity contribution < 1.29 is 9.53 Å². The second kappa shape index (κ2) is 5.73. The van der Waals surface area contributed by atoms with E-state index < -0.39 is 0 Å². The average Bonchev–Trinajstić information content (AvgIpc) is 2.97. The summed E-state index contributed by atoms with van der Waals surface area (Å²) in [4.78, 5) is 15.5. The van der Waals surface area contributed by atoms with E-state index in [4.69, 9.17) is 4.74 Å². The highest BCUT2D eigenvalue weighted by Gasteiger charge is 2.44. The molecule has 0 spiro atoms. The number of ether oxygens (including phenoxy) is 1. The molecule has 1 fully saturated rings. The highest BCUT2D eigenvalue weighted by Crippen LogP contribution is 2.51. The van der Waals surface area contributed by atoms with Crippen LogP contribution in [-0.2, 0) is 21.8 Å². The van der Waals surface area contributed by atoms with Gasteiger partial charge >= 0.3 is 5.97 Å². The molecular formula is C12H19N3O2S. The SMILES string of the molecule is CCn1ncnc1CSCC1(CC(=O)OC)CC1. The molecule has 0 aliphatic heterocycles. The van der Waals surface area contributed by atoms with Gasteiger partial charge in [-0.2, -0.15) is 16.9 Å². The fraction of sp³-hybridized carbons (Fsp3) is 0.750. The maximum atomic E-state index is 11.3. The van der Waals surface area contributed by atoms with E-state index in [0.29, 0.717) is 6.42 Å². The number of nitrogens with zero attached hydrogens (tertiary/aromatic N) is 3. The lowest BCUT2D eigenvalue weighted by Gasteiger charge is -2.12. The summed E-state index contributed by atoms with van der Waals surface area (Å²) in [5, 5.41) is 4.15. The molecule has 0 saturated heterocycles. The maximum absolute atomic E-state index is 11.3. The van der Waals surface area contributed by atoms with Gasteiger partial charge in [0.1, 0.15) is 12.2 Å². The first-order chi connectivity index (χ1) is 8.69. The van der Waals surface area contributed by atoms with Gasteiger partial charge in [-0.25, -0.2) is 9.67 Å². The molecule has 0 unspecified atom stereocenters. The van der Waals surface area contributed by atoms with Crippen LogP contribution in [0.2, 0.25) is 0 Å². The molecule has 1 saturated carbocycles. The number of rotatable bonds is 7. The molecule has 6 heteroatoms. The van der Waals surface area contributed by atoms with Gasteiger partial charge < -0.3 is 4.74 Å². The molecule has 0 atom stereocenters. The van der Waals surface area contributed by atoms with E-state index in [2.05, 4.69) is 17.0 Å². The molecule has 1 aromatic heterocycles. The minimum Gasteiger partial charge on any atom is -0.469 e. The first kappa shape index (κ1) is 13.4. The molecule has 1 aliphatic rings. The molecular weight excluding hydrogens is 250 g/mol. The summed E-state index contributed by atoms with van der Waals surface area (Å²) in [6.07, 6.45) is 4.42. The Labute approximate surface area is 111 Å². The Morgan fingerprint density at radius 2 is 2.39 bits per heavy atom. The maximum Gasteiger partial charge on any atom is 0.306 e. The zero-order valence-corrected chi connectivity index (χ0v) is 11.7. The van der Waals surface area contributed by atoms with Gasteiger partial charge in [0.05, 0.1) is 19.3 Å². The van der Waals surface area contributed by atoms with Crippen molar-refractivity contribution in [1.82, 2.24) is 14.8 Å². The van der Waals surface area contributed by atoms with Crippen molar-refractivity contribution in [2.45, 2.75) is 38.5 Å². The van der Waals surface area contributed by atoms with Crippen molar-refractivity contribution in [3.8, 4) is 0 Å². The fourth-order valence-electron chi connectivity index (χ4n) is 1.95. The topological polar surface area (TPSA) is 57.0 Å². The number of carbonyl (C=O) groups excluding carboxylic acids is 1. The third kappa shape index (κ3) is 3.25. The molecule has 2 rings (SSSR count). The Kier molecular flexibility index (Phi) is 4.27. The van der Waals surface area contributed by atoms with E-state index in [9.17, 15) is 4.79 Å². The lowest BCUT2D eigenvalue weighted by Crippen LogP contribution is -2.13. The molecule has 0 N–H and O–H groups in total. The van der Waals surface area contributed by atoms with Crippen molar-refractivity contribution in [3.63, 3.8) is 0 Å². The number of aryl methyl sites for hydroxylation is 1. The average molecular weight is 269 g/mol. The number of hydrogen-bond acceptors (Lipinski definition) is 5. The van der Waals surface area contributed by atoms with E-state index in [1.807, 2.05) is 16.4 Å². The van der Waals surface area contributed by atoms with Gasteiger partial charge in [-0.05, 0) is 30.9 Å². The van der Waals surface area contributed by atoms with Gasteiger partial charge in [0, 0.05) is 6.54 Å². The Morgan fingerprint density at radius 3 is 3.00 bits per heavy atom. The van der Waals surface area contributed by atoms with Crippen LogP contribution >= 0.6 is 11.8 Å². The van der Waals surface area contributed by atoms with Crippen LogP contribution in [0.5, 0.6) is 0 Å². The van der Waals surface area contributed by atoms with Crippen LogP contribution in [0.25, 0.3) is 0 Å². The minimum absolute atomic E-state index is 0.0928. The predicted molar refractivity (Wildman–Crippen MR) is 70.2 cm³/mol. The molecule has 1 aromatic rings. The highest BCUT2D eigenvalue weighted by atomic mass is 32.2. The summed E-state index contributed by atoms with van der Waals surface area (Å²) in [7, 11) is 1.45. The molecule has 5 nitrogen and oxygen atoms in total. The fourth-order valence-corrected chi connectivity index (χ4v) is 3.28. The summed E-state index contributed by atoms with van der Waals surface area (Å²) in [5.74, 6) is 2.77. The van der Waals surface area contributed by atoms with Crippen molar-refractivity contribution >= 4 is 17.7 Å². The van der Waals surface area contributed by atoms with Crippen molar-refractivity contribution in [3.05, 3.63) is 12.2 Å². The van der Waals surface area contributed by atoms with Crippen LogP contribution in [-0.4, -0.2) is 33.6 Å². The normalized spacial score (nSPS) is 16.6. The zero-order chi connectivity index (χ0) is 13.0. The van der Waals surface area contributed by atoms with E-state index in [-0.39, 0.29) is 11.4 Å². The number of thioether (sulfide) groups is 1. The smallest absolute Gasteiger partial charge is 0.306 e. The highest BCUT2D eigenvalue weighted by molar-refractivity contribution is 7.98. The Hall–Kier alpha value is -1.04. The lowest BCUT2D eigenvalue weighted by atomic mass is 10.1. The largest absolute Gasteiger partial charge is 0.469 e. The van der Waals surface area contributed by atoms with Gasteiger partial charge in [0.2, 0.25) is 0 Å². The van der Waals surface area contributed by atoms with Gasteiger partial charge in [0.25, 0.3) is 0 Å². The quantitative estimate of drug-likeness (QED) is 0.707. The molecule has 0 radical (unpaired) electrons. The second-order valence-electron chi connectivity index (χ2n) is 4.74. The Morgan fingerprint density at radius 1 is 1.61 bits per heavy atom. The second-order valence-corrected chi connectivity index (χ2v) is 5.72. The predicted octanol–water partition coefficient (Wildman–Crippen LogP) is 1.87. The summed E-state index contributed by atoms with van der Waals surface area (Å²) >= 11 is 1.83. The van der Waals surface area contributed by atoms with E-state index in [1.54, 1.807) is 6.33 Å². The standard InChI is InChI=1S/C12H19N3O2S/c1-3-15-10(13-9-14-15)7-18-8-12(4-5-12)6-11(16)17-2/h9H,3-8H2,1-2H3. The molecule has 0 bridgehead atoms. The monoisotopic (exact) mass is 269 g/mol. The minimum atomic E-state index is -0.0928. The van der Waals surface area contributed by atoms with Crippen molar-refractivity contribution in [1.29, 1.82) is 0 Å². The Balaban J connectivity index is 1.77. The van der Waals surface area contributed by atoms with Crippen LogP contribution in [0, 0.1) is 5.41 Å². The van der Waals surface area contributed by atoms with Gasteiger partial charge in [-0.1, -0.05) is 0 Å². The zero-order valence-electron chi connectivity index (χ0n) is 10.9. The number of aromatic nitrogens is 3. The number of esters is 1. The molecule has 100 valence electrons. The van der Waals surface area contributed by atoms with Crippen molar-refractivity contribution in [2.75, 3.05) is 12.9 Å².